The van der Waals surface area contributed by atoms with E-state index in [1.165, 1.54) is 25.4 Å². The molecule has 1 heterocycles. The maximum Gasteiger partial charge on any atom is 0.337 e. The van der Waals surface area contributed by atoms with E-state index in [2.05, 4.69) is 9.72 Å². The Kier molecular flexibility index (Phi) is 4.30. The molecular weight excluding hydrogens is 226 g/mol. The van der Waals surface area contributed by atoms with Gasteiger partial charge in [-0.05, 0) is 13.0 Å². The van der Waals surface area contributed by atoms with E-state index in [4.69, 9.17) is 0 Å². The van der Waals surface area contributed by atoms with Crippen molar-refractivity contribution in [3.63, 3.8) is 0 Å². The molecule has 0 radical (unpaired) electrons. The molecule has 1 rings (SSSR count). The Balaban J connectivity index is 2.96. The normalized spacial score (nSPS) is 13.9. The maximum atomic E-state index is 11.1. The van der Waals surface area contributed by atoms with Crippen molar-refractivity contribution in [2.75, 3.05) is 7.11 Å². The number of Topliss-reactive ketones (excluding diaryl/α,β-unsaturated/α-hetero) is 1. The number of nitrogens with zero attached hydrogens (tertiary/aromatic N) is 1. The Morgan fingerprint density at radius 1 is 1.35 bits per heavy atom. The highest BCUT2D eigenvalue weighted by molar-refractivity contribution is 5.93. The van der Waals surface area contributed by atoms with E-state index in [1.54, 1.807) is 0 Å². The number of carbonyl (C=O) groups excluding carboxylic acids is 2. The van der Waals surface area contributed by atoms with Crippen molar-refractivity contribution in [2.45, 2.75) is 19.1 Å². The predicted molar refractivity (Wildman–Crippen MR) is 57.2 cm³/mol. The van der Waals surface area contributed by atoms with Crippen LogP contribution in [0.1, 0.15) is 28.9 Å². The second-order valence-electron chi connectivity index (χ2n) is 3.48. The molecule has 1 aromatic heterocycles. The molecule has 0 aliphatic heterocycles. The van der Waals surface area contributed by atoms with Crippen LogP contribution >= 0.6 is 0 Å². The van der Waals surface area contributed by atoms with Crippen molar-refractivity contribution in [1.29, 1.82) is 0 Å². The highest BCUT2D eigenvalue weighted by Crippen LogP contribution is 2.18. The van der Waals surface area contributed by atoms with Crippen LogP contribution in [0.3, 0.4) is 0 Å². The molecule has 6 nitrogen and oxygen atoms in total. The number of aromatic nitrogens is 1. The summed E-state index contributed by atoms with van der Waals surface area (Å²) in [5, 5.41) is 19.1. The lowest BCUT2D eigenvalue weighted by molar-refractivity contribution is -0.156. The summed E-state index contributed by atoms with van der Waals surface area (Å²) in [4.78, 5) is 25.9. The SMILES string of the molecule is COC(=O)C(O)C(O)c1cncc(C(C)=O)c1. The summed E-state index contributed by atoms with van der Waals surface area (Å²) < 4.78 is 4.30. The average molecular weight is 239 g/mol. The molecule has 0 aliphatic carbocycles. The van der Waals surface area contributed by atoms with E-state index < -0.39 is 18.2 Å². The number of hydrogen-bond donors (Lipinski definition) is 2. The molecule has 0 fully saturated rings. The smallest absolute Gasteiger partial charge is 0.337 e. The number of ether oxygens (including phenoxy) is 1. The van der Waals surface area contributed by atoms with Crippen LogP contribution in [0.4, 0.5) is 0 Å². The fraction of sp³-hybridized carbons (Fsp3) is 0.364. The molecule has 6 heteroatoms. The van der Waals surface area contributed by atoms with Gasteiger partial charge < -0.3 is 14.9 Å². The van der Waals surface area contributed by atoms with E-state index >= 15 is 0 Å². The van der Waals surface area contributed by atoms with Crippen LogP contribution in [0.2, 0.25) is 0 Å². The molecule has 0 aliphatic rings. The zero-order valence-electron chi connectivity index (χ0n) is 9.45. The van der Waals surface area contributed by atoms with Crippen LogP contribution in [-0.4, -0.2) is 40.2 Å². The van der Waals surface area contributed by atoms with Crippen LogP contribution in [0, 0.1) is 0 Å². The summed E-state index contributed by atoms with van der Waals surface area (Å²) in [6.45, 7) is 1.35. The Morgan fingerprint density at radius 3 is 2.53 bits per heavy atom. The van der Waals surface area contributed by atoms with Gasteiger partial charge in [0.05, 0.1) is 7.11 Å². The monoisotopic (exact) mass is 239 g/mol. The Bertz CT molecular complexity index is 432. The highest BCUT2D eigenvalue weighted by atomic mass is 16.5. The molecule has 0 bridgehead atoms. The summed E-state index contributed by atoms with van der Waals surface area (Å²) in [6, 6.07) is 1.37. The standard InChI is InChI=1S/C11H13NO5/c1-6(13)7-3-8(5-12-4-7)9(14)10(15)11(16)17-2/h3-5,9-10,14-15H,1-2H3. The van der Waals surface area contributed by atoms with Gasteiger partial charge >= 0.3 is 5.97 Å². The van der Waals surface area contributed by atoms with Crippen molar-refractivity contribution < 1.29 is 24.5 Å². The number of aliphatic hydroxyl groups is 2. The van der Waals surface area contributed by atoms with Gasteiger partial charge in [0.15, 0.2) is 11.9 Å². The summed E-state index contributed by atoms with van der Waals surface area (Å²) in [6.07, 6.45) is -0.579. The van der Waals surface area contributed by atoms with E-state index in [9.17, 15) is 19.8 Å². The summed E-state index contributed by atoms with van der Waals surface area (Å²) >= 11 is 0. The zero-order valence-corrected chi connectivity index (χ0v) is 9.45. The lowest BCUT2D eigenvalue weighted by Gasteiger charge is -2.15. The molecule has 2 unspecified atom stereocenters. The summed E-state index contributed by atoms with van der Waals surface area (Å²) in [5.41, 5.74) is 0.467. The molecule has 0 saturated carbocycles. The molecular formula is C11H13NO5. The second kappa shape index (κ2) is 5.51. The number of pyridine rings is 1. The van der Waals surface area contributed by atoms with Crippen LogP contribution in [-0.2, 0) is 9.53 Å². The third-order valence-electron chi connectivity index (χ3n) is 2.25. The van der Waals surface area contributed by atoms with Gasteiger partial charge in [0, 0.05) is 23.5 Å². The van der Waals surface area contributed by atoms with E-state index in [0.717, 1.165) is 7.11 Å². The third kappa shape index (κ3) is 3.08. The summed E-state index contributed by atoms with van der Waals surface area (Å²) in [5.74, 6) is -1.18. The molecule has 0 spiro atoms. The molecule has 2 atom stereocenters. The lowest BCUT2D eigenvalue weighted by atomic mass is 10.0. The van der Waals surface area contributed by atoms with E-state index in [-0.39, 0.29) is 11.3 Å². The topological polar surface area (TPSA) is 96.7 Å². The largest absolute Gasteiger partial charge is 0.467 e. The third-order valence-corrected chi connectivity index (χ3v) is 2.25. The number of aliphatic hydroxyl groups excluding tert-OH is 2. The van der Waals surface area contributed by atoms with Gasteiger partial charge in [0.2, 0.25) is 0 Å². The Labute approximate surface area is 97.9 Å². The maximum absolute atomic E-state index is 11.1. The minimum absolute atomic E-state index is 0.176. The average Bonchev–Trinajstić information content (AvgIpc) is 2.36. The summed E-state index contributed by atoms with van der Waals surface area (Å²) in [7, 11) is 1.10. The molecule has 92 valence electrons. The van der Waals surface area contributed by atoms with Gasteiger partial charge in [-0.15, -0.1) is 0 Å². The fourth-order valence-electron chi connectivity index (χ4n) is 1.24. The quantitative estimate of drug-likeness (QED) is 0.560. The first-order valence-electron chi connectivity index (χ1n) is 4.87. The molecule has 0 amide bonds. The van der Waals surface area contributed by atoms with E-state index in [0.29, 0.717) is 5.56 Å². The highest BCUT2D eigenvalue weighted by Gasteiger charge is 2.27. The Hall–Kier alpha value is -1.79. The lowest BCUT2D eigenvalue weighted by Crippen LogP contribution is -2.29. The molecule has 1 aromatic rings. The van der Waals surface area contributed by atoms with Gasteiger partial charge in [-0.1, -0.05) is 0 Å². The predicted octanol–water partition coefficient (Wildman–Crippen LogP) is -0.148. The molecule has 0 aromatic carbocycles. The van der Waals surface area contributed by atoms with Gasteiger partial charge in [0.25, 0.3) is 0 Å². The van der Waals surface area contributed by atoms with E-state index in [1.807, 2.05) is 0 Å². The first kappa shape index (κ1) is 13.3. The number of ketones is 1. The Morgan fingerprint density at radius 2 is 2.00 bits per heavy atom. The number of rotatable bonds is 4. The first-order chi connectivity index (χ1) is 7.97. The van der Waals surface area contributed by atoms with Crippen LogP contribution in [0.15, 0.2) is 18.5 Å². The van der Waals surface area contributed by atoms with Crippen LogP contribution in [0.25, 0.3) is 0 Å². The number of hydrogen-bond acceptors (Lipinski definition) is 6. The number of carbonyl (C=O) groups is 2. The number of esters is 1. The van der Waals surface area contributed by atoms with Crippen molar-refractivity contribution in [2.24, 2.45) is 0 Å². The van der Waals surface area contributed by atoms with Gasteiger partial charge in [-0.25, -0.2) is 4.79 Å². The zero-order chi connectivity index (χ0) is 13.0. The van der Waals surface area contributed by atoms with Crippen molar-refractivity contribution in [3.8, 4) is 0 Å². The molecule has 2 N–H and O–H groups in total. The van der Waals surface area contributed by atoms with Crippen molar-refractivity contribution in [3.05, 3.63) is 29.6 Å². The molecule has 0 saturated heterocycles. The van der Waals surface area contributed by atoms with Crippen LogP contribution < -0.4 is 0 Å². The van der Waals surface area contributed by atoms with Gasteiger partial charge in [-0.3, -0.25) is 9.78 Å². The van der Waals surface area contributed by atoms with Crippen molar-refractivity contribution >= 4 is 11.8 Å². The minimum Gasteiger partial charge on any atom is -0.467 e. The van der Waals surface area contributed by atoms with Crippen molar-refractivity contribution in [1.82, 2.24) is 4.98 Å². The van der Waals surface area contributed by atoms with Crippen LogP contribution in [0.5, 0.6) is 0 Å². The number of methoxy groups -OCH3 is 1. The van der Waals surface area contributed by atoms with Gasteiger partial charge in [-0.2, -0.15) is 0 Å². The second-order valence-corrected chi connectivity index (χ2v) is 3.48. The first-order valence-corrected chi connectivity index (χ1v) is 4.87. The fourth-order valence-corrected chi connectivity index (χ4v) is 1.24. The minimum atomic E-state index is -1.70. The molecule has 17 heavy (non-hydrogen) atoms. The van der Waals surface area contributed by atoms with Gasteiger partial charge in [0.1, 0.15) is 6.10 Å².